The quantitative estimate of drug-likeness (QED) is 0.515. The number of hydroxylamine groups is 4. The van der Waals surface area contributed by atoms with Crippen LogP contribution in [0.3, 0.4) is 0 Å². The number of aromatic nitrogens is 6. The second kappa shape index (κ2) is 6.19. The van der Waals surface area contributed by atoms with Gasteiger partial charge in [-0.15, -0.1) is 10.1 Å². The smallest absolute Gasteiger partial charge is 0.300 e. The molecule has 25 heavy (non-hydrogen) atoms. The lowest BCUT2D eigenvalue weighted by Gasteiger charge is -2.29. The molecule has 4 heterocycles. The maximum absolute atomic E-state index is 10.5. The molecule has 1 aliphatic rings. The molecule has 0 atom stereocenters. The van der Waals surface area contributed by atoms with Gasteiger partial charge in [0.1, 0.15) is 0 Å². The molecule has 0 saturated carbocycles. The highest BCUT2D eigenvalue weighted by Crippen LogP contribution is 2.24. The maximum Gasteiger partial charge on any atom is 0.300 e. The zero-order valence-electron chi connectivity index (χ0n) is 12.5. The van der Waals surface area contributed by atoms with Gasteiger partial charge in [0.05, 0.1) is 31.0 Å². The van der Waals surface area contributed by atoms with Gasteiger partial charge in [0.25, 0.3) is 11.8 Å². The zero-order chi connectivity index (χ0) is 17.1. The van der Waals surface area contributed by atoms with Crippen LogP contribution in [-0.2, 0) is 0 Å². The summed E-state index contributed by atoms with van der Waals surface area (Å²) in [6, 6.07) is 4.77. The highest BCUT2D eigenvalue weighted by atomic mass is 16.7. The molecule has 1 aliphatic heterocycles. The summed E-state index contributed by atoms with van der Waals surface area (Å²) in [6.07, 6.45) is 7.44. The van der Waals surface area contributed by atoms with Gasteiger partial charge in [-0.25, -0.2) is 15.3 Å². The summed E-state index contributed by atoms with van der Waals surface area (Å²) in [5.41, 5.74) is 0. The van der Waals surface area contributed by atoms with E-state index in [0.29, 0.717) is 11.8 Å². The molecule has 12 heteroatoms. The minimum Gasteiger partial charge on any atom is -0.489 e. The maximum atomic E-state index is 10.5. The molecule has 0 radical (unpaired) electrons. The SMILES string of the molecule is OC1=C(Oc2ccn[nH]2)N(Oc2ccn[nH]2)C=CN1Oc1ccn[nH]1. The lowest BCUT2D eigenvalue weighted by molar-refractivity contribution is -0.0829. The fourth-order valence-corrected chi connectivity index (χ4v) is 1.89. The molecule has 0 aliphatic carbocycles. The summed E-state index contributed by atoms with van der Waals surface area (Å²) in [5.74, 6) is 0.509. The van der Waals surface area contributed by atoms with E-state index in [4.69, 9.17) is 14.4 Å². The van der Waals surface area contributed by atoms with E-state index in [1.807, 2.05) is 0 Å². The molecule has 4 rings (SSSR count). The summed E-state index contributed by atoms with van der Waals surface area (Å²) in [5, 5.41) is 32.0. The van der Waals surface area contributed by atoms with Gasteiger partial charge in [-0.2, -0.15) is 15.3 Å². The summed E-state index contributed by atoms with van der Waals surface area (Å²) >= 11 is 0. The van der Waals surface area contributed by atoms with Crippen LogP contribution >= 0.6 is 0 Å². The first-order valence-corrected chi connectivity index (χ1v) is 7.01. The summed E-state index contributed by atoms with van der Waals surface area (Å²) < 4.78 is 5.60. The summed E-state index contributed by atoms with van der Waals surface area (Å²) in [6.45, 7) is 0. The molecule has 0 amide bonds. The van der Waals surface area contributed by atoms with Gasteiger partial charge in [0.15, 0.2) is 0 Å². The van der Waals surface area contributed by atoms with Crippen LogP contribution in [-0.4, -0.2) is 45.8 Å². The van der Waals surface area contributed by atoms with Crippen LogP contribution in [0.1, 0.15) is 0 Å². The van der Waals surface area contributed by atoms with Crippen molar-refractivity contribution in [2.45, 2.75) is 0 Å². The number of aliphatic hydroxyl groups is 1. The van der Waals surface area contributed by atoms with Crippen molar-refractivity contribution in [2.75, 3.05) is 0 Å². The number of aromatic amines is 3. The van der Waals surface area contributed by atoms with Gasteiger partial charge in [-0.1, -0.05) is 0 Å². The van der Waals surface area contributed by atoms with Gasteiger partial charge < -0.3 is 19.5 Å². The Morgan fingerprint density at radius 1 is 0.760 bits per heavy atom. The standard InChI is InChI=1S/C13H12N8O4/c22-12-13(23-9-1-4-14-17-9)21(25-11-3-6-16-19-11)8-7-20(12)24-10-2-5-15-18-10/h1-8,22H,(H,14,17)(H,15,18)(H,16,19). The van der Waals surface area contributed by atoms with Crippen LogP contribution in [0.4, 0.5) is 0 Å². The Morgan fingerprint density at radius 2 is 1.28 bits per heavy atom. The van der Waals surface area contributed by atoms with Crippen LogP contribution in [0.25, 0.3) is 0 Å². The van der Waals surface area contributed by atoms with E-state index in [1.165, 1.54) is 36.1 Å². The molecule has 4 N–H and O–H groups in total. The van der Waals surface area contributed by atoms with Crippen molar-refractivity contribution in [3.05, 3.63) is 61.0 Å². The predicted molar refractivity (Wildman–Crippen MR) is 80.1 cm³/mol. The van der Waals surface area contributed by atoms with Gasteiger partial charge in [-0.3, -0.25) is 0 Å². The molecule has 0 unspecified atom stereocenters. The van der Waals surface area contributed by atoms with Crippen molar-refractivity contribution >= 4 is 0 Å². The van der Waals surface area contributed by atoms with E-state index in [-0.39, 0.29) is 17.6 Å². The average molecular weight is 344 g/mol. The van der Waals surface area contributed by atoms with E-state index in [2.05, 4.69) is 30.6 Å². The molecule has 0 bridgehead atoms. The summed E-state index contributed by atoms with van der Waals surface area (Å²) in [4.78, 5) is 11.0. The van der Waals surface area contributed by atoms with Crippen molar-refractivity contribution in [2.24, 2.45) is 0 Å². The molecule has 0 saturated heterocycles. The van der Waals surface area contributed by atoms with Gasteiger partial charge >= 0.3 is 0 Å². The molecule has 3 aromatic rings. The molecular weight excluding hydrogens is 332 g/mol. The van der Waals surface area contributed by atoms with Crippen LogP contribution < -0.4 is 14.4 Å². The number of hydrogen-bond donors (Lipinski definition) is 4. The first-order chi connectivity index (χ1) is 12.3. The number of rotatable bonds is 6. The molecule has 3 aromatic heterocycles. The first-order valence-electron chi connectivity index (χ1n) is 7.01. The van der Waals surface area contributed by atoms with Gasteiger partial charge in [0.2, 0.25) is 17.6 Å². The molecular formula is C13H12N8O4. The second-order valence-corrected chi connectivity index (χ2v) is 4.63. The average Bonchev–Trinajstić information content (AvgIpc) is 3.37. The van der Waals surface area contributed by atoms with Crippen molar-refractivity contribution in [3.63, 3.8) is 0 Å². The number of nitrogens with zero attached hydrogens (tertiary/aromatic N) is 5. The lowest BCUT2D eigenvalue weighted by atomic mass is 10.5. The van der Waals surface area contributed by atoms with Crippen molar-refractivity contribution in [1.29, 1.82) is 0 Å². The minimum absolute atomic E-state index is 0.0686. The Kier molecular flexibility index (Phi) is 3.59. The Hall–Kier alpha value is -4.09. The number of nitrogens with one attached hydrogen (secondary N) is 3. The Morgan fingerprint density at radius 3 is 1.84 bits per heavy atom. The van der Waals surface area contributed by atoms with Crippen molar-refractivity contribution in [1.82, 2.24) is 40.7 Å². The third kappa shape index (κ3) is 3.03. The third-order valence-electron chi connectivity index (χ3n) is 2.96. The molecule has 0 spiro atoms. The Labute approximate surface area is 139 Å². The first kappa shape index (κ1) is 14.5. The van der Waals surface area contributed by atoms with E-state index in [0.717, 1.165) is 5.06 Å². The van der Waals surface area contributed by atoms with Crippen LogP contribution in [0, 0.1) is 0 Å². The van der Waals surface area contributed by atoms with Crippen molar-refractivity contribution < 1.29 is 19.5 Å². The number of ether oxygens (including phenoxy) is 1. The second-order valence-electron chi connectivity index (χ2n) is 4.63. The lowest BCUT2D eigenvalue weighted by Crippen LogP contribution is -2.36. The van der Waals surface area contributed by atoms with E-state index >= 15 is 0 Å². The highest BCUT2D eigenvalue weighted by Gasteiger charge is 2.28. The monoisotopic (exact) mass is 344 g/mol. The van der Waals surface area contributed by atoms with Crippen LogP contribution in [0.15, 0.2) is 61.0 Å². The molecule has 12 nitrogen and oxygen atoms in total. The number of aliphatic hydroxyl groups excluding tert-OH is 1. The highest BCUT2D eigenvalue weighted by molar-refractivity contribution is 5.17. The number of H-pyrrole nitrogens is 3. The largest absolute Gasteiger partial charge is 0.489 e. The van der Waals surface area contributed by atoms with Crippen molar-refractivity contribution in [3.8, 4) is 17.6 Å². The molecule has 128 valence electrons. The normalized spacial score (nSPS) is 14.1. The topological polar surface area (TPSA) is 140 Å². The van der Waals surface area contributed by atoms with Crippen LogP contribution in [0.2, 0.25) is 0 Å². The zero-order valence-corrected chi connectivity index (χ0v) is 12.5. The van der Waals surface area contributed by atoms with Crippen LogP contribution in [0.5, 0.6) is 17.6 Å². The fraction of sp³-hybridized carbons (Fsp3) is 0. The third-order valence-corrected chi connectivity index (χ3v) is 2.96. The fourth-order valence-electron chi connectivity index (χ4n) is 1.89. The van der Waals surface area contributed by atoms with Gasteiger partial charge in [0, 0.05) is 18.2 Å². The summed E-state index contributed by atoms with van der Waals surface area (Å²) in [7, 11) is 0. The predicted octanol–water partition coefficient (Wildman–Crippen LogP) is 0.996. The van der Waals surface area contributed by atoms with Gasteiger partial charge in [-0.05, 0) is 0 Å². The van der Waals surface area contributed by atoms with E-state index in [9.17, 15) is 5.11 Å². The molecule has 0 aromatic carbocycles. The Bertz CT molecular complexity index is 856. The number of hydrogen-bond acceptors (Lipinski definition) is 9. The van der Waals surface area contributed by atoms with E-state index < -0.39 is 0 Å². The minimum atomic E-state index is -0.369. The molecule has 0 fully saturated rings. The van der Waals surface area contributed by atoms with E-state index in [1.54, 1.807) is 18.2 Å². The Balaban J connectivity index is 1.61.